The van der Waals surface area contributed by atoms with Crippen LogP contribution in [0.2, 0.25) is 0 Å². The highest BCUT2D eigenvalue weighted by Crippen LogP contribution is 2.46. The SMILES string of the molecule is c1ccc(-n2c3ccccc3c3c4c5ccccc5n5c6ccccc6c(cc32)c45)cc1. The summed E-state index contributed by atoms with van der Waals surface area (Å²) in [5, 5.41) is 7.95. The summed E-state index contributed by atoms with van der Waals surface area (Å²) in [4.78, 5) is 0. The molecule has 0 unspecified atom stereocenters. The number of rotatable bonds is 1. The van der Waals surface area contributed by atoms with E-state index in [1.807, 2.05) is 0 Å². The van der Waals surface area contributed by atoms with E-state index in [-0.39, 0.29) is 0 Å². The highest BCUT2D eigenvalue weighted by molar-refractivity contribution is 6.35. The van der Waals surface area contributed by atoms with Gasteiger partial charge in [-0.05, 0) is 36.4 Å². The van der Waals surface area contributed by atoms with Gasteiger partial charge in [-0.3, -0.25) is 0 Å². The minimum Gasteiger partial charge on any atom is -0.309 e. The molecule has 0 amide bonds. The van der Waals surface area contributed by atoms with Crippen LogP contribution in [0.5, 0.6) is 0 Å². The molecule has 148 valence electrons. The topological polar surface area (TPSA) is 9.34 Å². The Labute approximate surface area is 183 Å². The number of hydrogen-bond donors (Lipinski definition) is 0. The molecule has 2 heteroatoms. The number of para-hydroxylation sites is 4. The maximum absolute atomic E-state index is 2.46. The molecule has 2 nitrogen and oxygen atoms in total. The van der Waals surface area contributed by atoms with Gasteiger partial charge in [0.2, 0.25) is 0 Å². The molecule has 8 rings (SSSR count). The molecule has 8 aromatic rings. The summed E-state index contributed by atoms with van der Waals surface area (Å²) in [6.07, 6.45) is 0. The van der Waals surface area contributed by atoms with E-state index >= 15 is 0 Å². The van der Waals surface area contributed by atoms with E-state index in [0.29, 0.717) is 0 Å². The minimum absolute atomic E-state index is 1.19. The van der Waals surface area contributed by atoms with Gasteiger partial charge >= 0.3 is 0 Å². The second-order valence-electron chi connectivity index (χ2n) is 8.60. The zero-order chi connectivity index (χ0) is 20.8. The average molecular weight is 406 g/mol. The fourth-order valence-corrected chi connectivity index (χ4v) is 5.82. The fraction of sp³-hybridized carbons (Fsp3) is 0. The molecule has 0 aliphatic heterocycles. The van der Waals surface area contributed by atoms with Crippen molar-refractivity contribution >= 4 is 59.9 Å². The predicted octanol–water partition coefficient (Wildman–Crippen LogP) is 7.93. The summed E-state index contributed by atoms with van der Waals surface area (Å²) >= 11 is 0. The van der Waals surface area contributed by atoms with Gasteiger partial charge in [0, 0.05) is 38.0 Å². The molecule has 0 aliphatic rings. The number of aromatic nitrogens is 2. The molecule has 3 heterocycles. The third kappa shape index (κ3) is 1.82. The van der Waals surface area contributed by atoms with Crippen LogP contribution in [0, 0.1) is 0 Å². The van der Waals surface area contributed by atoms with Gasteiger partial charge in [-0.2, -0.15) is 0 Å². The molecule has 0 atom stereocenters. The van der Waals surface area contributed by atoms with Crippen LogP contribution < -0.4 is 0 Å². The van der Waals surface area contributed by atoms with Gasteiger partial charge in [-0.15, -0.1) is 0 Å². The molecule has 0 saturated carbocycles. The molecule has 0 aliphatic carbocycles. The maximum atomic E-state index is 2.46. The van der Waals surface area contributed by atoms with E-state index in [4.69, 9.17) is 0 Å². The Balaban J connectivity index is 1.78. The normalized spacial score (nSPS) is 12.4. The van der Waals surface area contributed by atoms with Crippen molar-refractivity contribution in [3.8, 4) is 5.69 Å². The molecule has 3 aromatic heterocycles. The molecular weight excluding hydrogens is 388 g/mol. The molecule has 0 radical (unpaired) electrons. The van der Waals surface area contributed by atoms with Crippen LogP contribution in [0.4, 0.5) is 0 Å². The predicted molar refractivity (Wildman–Crippen MR) is 135 cm³/mol. The number of hydrogen-bond acceptors (Lipinski definition) is 0. The van der Waals surface area contributed by atoms with Gasteiger partial charge in [0.05, 0.1) is 27.6 Å². The quantitative estimate of drug-likeness (QED) is 0.262. The highest BCUT2D eigenvalue weighted by atomic mass is 15.0. The average Bonchev–Trinajstić information content (AvgIpc) is 3.48. The first kappa shape index (κ1) is 16.4. The van der Waals surface area contributed by atoms with E-state index in [0.717, 1.165) is 0 Å². The highest BCUT2D eigenvalue weighted by Gasteiger charge is 2.23. The van der Waals surface area contributed by atoms with Gasteiger partial charge in [0.25, 0.3) is 0 Å². The Morgan fingerprint density at radius 1 is 0.406 bits per heavy atom. The van der Waals surface area contributed by atoms with Crippen molar-refractivity contribution in [1.29, 1.82) is 0 Å². The lowest BCUT2D eigenvalue weighted by molar-refractivity contribution is 1.18. The Hall–Kier alpha value is -4.30. The van der Waals surface area contributed by atoms with Crippen molar-refractivity contribution in [3.63, 3.8) is 0 Å². The molecule has 0 fully saturated rings. The van der Waals surface area contributed by atoms with E-state index in [1.165, 1.54) is 65.6 Å². The van der Waals surface area contributed by atoms with Crippen molar-refractivity contribution < 1.29 is 0 Å². The lowest BCUT2D eigenvalue weighted by Gasteiger charge is -2.08. The van der Waals surface area contributed by atoms with Crippen LogP contribution in [-0.2, 0) is 0 Å². The second kappa shape index (κ2) is 5.68. The van der Waals surface area contributed by atoms with Gasteiger partial charge < -0.3 is 8.97 Å². The largest absolute Gasteiger partial charge is 0.309 e. The standard InChI is InChI=1S/C30H18N2/c1-2-10-19(11-3-1)31-25-16-8-5-13-21(25)28-27(31)18-23-20-12-4-7-15-24(20)32-26-17-9-6-14-22(26)29(28)30(23)32/h1-18H. The molecule has 0 saturated heterocycles. The van der Waals surface area contributed by atoms with Gasteiger partial charge in [-0.1, -0.05) is 72.8 Å². The summed E-state index contributed by atoms with van der Waals surface area (Å²) in [5.41, 5.74) is 7.59. The Morgan fingerprint density at radius 2 is 0.969 bits per heavy atom. The fourth-order valence-electron chi connectivity index (χ4n) is 5.82. The van der Waals surface area contributed by atoms with Crippen molar-refractivity contribution in [2.75, 3.05) is 0 Å². The molecule has 5 aromatic carbocycles. The van der Waals surface area contributed by atoms with Crippen molar-refractivity contribution in [2.45, 2.75) is 0 Å². The maximum Gasteiger partial charge on any atom is 0.0628 e. The molecule has 32 heavy (non-hydrogen) atoms. The third-order valence-corrected chi connectivity index (χ3v) is 7.02. The summed E-state index contributed by atoms with van der Waals surface area (Å²) in [6.45, 7) is 0. The Morgan fingerprint density at radius 3 is 1.72 bits per heavy atom. The summed E-state index contributed by atoms with van der Waals surface area (Å²) in [6, 6.07) is 39.6. The van der Waals surface area contributed by atoms with Crippen LogP contribution in [0.3, 0.4) is 0 Å². The third-order valence-electron chi connectivity index (χ3n) is 7.02. The Kier molecular flexibility index (Phi) is 2.91. The number of benzene rings is 5. The van der Waals surface area contributed by atoms with Crippen LogP contribution in [0.25, 0.3) is 65.6 Å². The van der Waals surface area contributed by atoms with E-state index in [9.17, 15) is 0 Å². The van der Waals surface area contributed by atoms with Crippen LogP contribution in [0.15, 0.2) is 109 Å². The zero-order valence-electron chi connectivity index (χ0n) is 17.3. The molecule has 0 spiro atoms. The minimum atomic E-state index is 1.19. The summed E-state index contributed by atoms with van der Waals surface area (Å²) in [7, 11) is 0. The Bertz CT molecular complexity index is 1970. The molecule has 0 N–H and O–H groups in total. The monoisotopic (exact) mass is 406 g/mol. The van der Waals surface area contributed by atoms with Crippen molar-refractivity contribution in [2.24, 2.45) is 0 Å². The summed E-state index contributed by atoms with van der Waals surface area (Å²) < 4.78 is 4.89. The first-order chi connectivity index (χ1) is 15.9. The van der Waals surface area contributed by atoms with E-state index < -0.39 is 0 Å². The van der Waals surface area contributed by atoms with Gasteiger partial charge in [0.15, 0.2) is 0 Å². The van der Waals surface area contributed by atoms with E-state index in [2.05, 4.69) is 118 Å². The van der Waals surface area contributed by atoms with Crippen LogP contribution in [0.1, 0.15) is 0 Å². The number of nitrogens with zero attached hydrogens (tertiary/aromatic N) is 2. The zero-order valence-corrected chi connectivity index (χ0v) is 17.3. The first-order valence-corrected chi connectivity index (χ1v) is 11.1. The van der Waals surface area contributed by atoms with E-state index in [1.54, 1.807) is 0 Å². The van der Waals surface area contributed by atoms with Gasteiger partial charge in [-0.25, -0.2) is 0 Å². The second-order valence-corrected chi connectivity index (χ2v) is 8.60. The van der Waals surface area contributed by atoms with Crippen molar-refractivity contribution in [1.82, 2.24) is 8.97 Å². The van der Waals surface area contributed by atoms with Gasteiger partial charge in [0.1, 0.15) is 0 Å². The molecular formula is C30H18N2. The smallest absolute Gasteiger partial charge is 0.0628 e. The summed E-state index contributed by atoms with van der Waals surface area (Å²) in [5.74, 6) is 0. The van der Waals surface area contributed by atoms with Crippen LogP contribution in [-0.4, -0.2) is 8.97 Å². The van der Waals surface area contributed by atoms with Crippen molar-refractivity contribution in [3.05, 3.63) is 109 Å². The lowest BCUT2D eigenvalue weighted by atomic mass is 10.0. The van der Waals surface area contributed by atoms with Crippen LogP contribution >= 0.6 is 0 Å². The molecule has 0 bridgehead atoms. The number of fused-ring (bicyclic) bond motifs is 10. The lowest BCUT2D eigenvalue weighted by Crippen LogP contribution is -1.92. The first-order valence-electron chi connectivity index (χ1n) is 11.1.